The summed E-state index contributed by atoms with van der Waals surface area (Å²) in [6.45, 7) is 5.87. The smallest absolute Gasteiger partial charge is 0.261 e. The average molecular weight is 500 g/mol. The summed E-state index contributed by atoms with van der Waals surface area (Å²) in [6.07, 6.45) is 0. The molecule has 1 saturated heterocycles. The first kappa shape index (κ1) is 24.2. The van der Waals surface area contributed by atoms with Crippen molar-refractivity contribution >= 4 is 38.9 Å². The lowest BCUT2D eigenvalue weighted by atomic mass is 10.1. The van der Waals surface area contributed by atoms with Crippen molar-refractivity contribution in [3.8, 4) is 0 Å². The fourth-order valence-corrected chi connectivity index (χ4v) is 4.92. The molecule has 1 aliphatic heterocycles. The first-order chi connectivity index (χ1) is 16.3. The third-order valence-electron chi connectivity index (χ3n) is 5.66. The standard InChI is InChI=1S/C25H26ClN3O4S/c1-18-23(26)3-2-4-24(18)28-34(31,32)22-11-9-21(10-12-22)27-25(30)20-7-5-19(6-8-20)17-29-13-15-33-16-14-29/h2-12,28H,13-17H2,1H3,(H,27,30). The summed E-state index contributed by atoms with van der Waals surface area (Å²) in [5.41, 5.74) is 3.23. The first-order valence-corrected chi connectivity index (χ1v) is 12.8. The molecule has 34 heavy (non-hydrogen) atoms. The minimum Gasteiger partial charge on any atom is -0.379 e. The lowest BCUT2D eigenvalue weighted by Gasteiger charge is -2.26. The molecule has 7 nitrogen and oxygen atoms in total. The van der Waals surface area contributed by atoms with Gasteiger partial charge >= 0.3 is 0 Å². The molecule has 9 heteroatoms. The van der Waals surface area contributed by atoms with Crippen molar-refractivity contribution in [2.24, 2.45) is 0 Å². The second-order valence-corrected chi connectivity index (χ2v) is 10.2. The number of halogens is 1. The molecule has 2 N–H and O–H groups in total. The Bertz CT molecular complexity index is 1260. The number of nitrogens with zero attached hydrogens (tertiary/aromatic N) is 1. The van der Waals surface area contributed by atoms with E-state index in [4.69, 9.17) is 16.3 Å². The molecule has 0 radical (unpaired) electrons. The van der Waals surface area contributed by atoms with Gasteiger partial charge in [0.2, 0.25) is 0 Å². The number of carbonyl (C=O) groups excluding carboxylic acids is 1. The summed E-state index contributed by atoms with van der Waals surface area (Å²) in [6, 6.07) is 18.5. The maximum Gasteiger partial charge on any atom is 0.261 e. The van der Waals surface area contributed by atoms with Gasteiger partial charge in [-0.05, 0) is 66.6 Å². The van der Waals surface area contributed by atoms with Gasteiger partial charge in [0.05, 0.1) is 23.8 Å². The van der Waals surface area contributed by atoms with E-state index in [0.717, 1.165) is 38.4 Å². The Morgan fingerprint density at radius 3 is 2.35 bits per heavy atom. The molecule has 0 unspecified atom stereocenters. The molecule has 1 amide bonds. The molecule has 0 saturated carbocycles. The van der Waals surface area contributed by atoms with Gasteiger partial charge in [0, 0.05) is 35.9 Å². The third-order valence-corrected chi connectivity index (χ3v) is 7.45. The van der Waals surface area contributed by atoms with Crippen molar-refractivity contribution < 1.29 is 17.9 Å². The van der Waals surface area contributed by atoms with E-state index in [1.165, 1.54) is 12.1 Å². The van der Waals surface area contributed by atoms with Gasteiger partial charge in [0.1, 0.15) is 0 Å². The second-order valence-electron chi connectivity index (χ2n) is 8.08. The number of rotatable bonds is 7. The number of anilines is 2. The number of ether oxygens (including phenoxy) is 1. The zero-order chi connectivity index (χ0) is 24.1. The van der Waals surface area contributed by atoms with Gasteiger partial charge in [-0.25, -0.2) is 8.42 Å². The van der Waals surface area contributed by atoms with E-state index in [0.29, 0.717) is 27.5 Å². The highest BCUT2D eigenvalue weighted by Gasteiger charge is 2.17. The fourth-order valence-electron chi connectivity index (χ4n) is 3.62. The summed E-state index contributed by atoms with van der Waals surface area (Å²) < 4.78 is 33.4. The molecule has 0 bridgehead atoms. The quantitative estimate of drug-likeness (QED) is 0.498. The van der Waals surface area contributed by atoms with Gasteiger partial charge < -0.3 is 10.1 Å². The predicted octanol–water partition coefficient (Wildman–Crippen LogP) is 4.53. The van der Waals surface area contributed by atoms with E-state index >= 15 is 0 Å². The van der Waals surface area contributed by atoms with Gasteiger partial charge in [0.15, 0.2) is 0 Å². The largest absolute Gasteiger partial charge is 0.379 e. The Morgan fingerprint density at radius 1 is 1.00 bits per heavy atom. The molecule has 1 aliphatic rings. The van der Waals surface area contributed by atoms with E-state index in [2.05, 4.69) is 14.9 Å². The van der Waals surface area contributed by atoms with Crippen LogP contribution in [0.2, 0.25) is 5.02 Å². The van der Waals surface area contributed by atoms with Crippen molar-refractivity contribution in [3.05, 3.63) is 88.4 Å². The predicted molar refractivity (Wildman–Crippen MR) is 134 cm³/mol. The number of carbonyl (C=O) groups is 1. The maximum atomic E-state index is 12.7. The number of hydrogen-bond acceptors (Lipinski definition) is 5. The Balaban J connectivity index is 1.38. The van der Waals surface area contributed by atoms with Crippen LogP contribution in [-0.2, 0) is 21.3 Å². The molecule has 1 heterocycles. The maximum absolute atomic E-state index is 12.7. The molecule has 3 aromatic carbocycles. The van der Waals surface area contributed by atoms with Crippen LogP contribution in [0, 0.1) is 6.92 Å². The summed E-state index contributed by atoms with van der Waals surface area (Å²) in [7, 11) is -3.80. The number of nitrogens with one attached hydrogen (secondary N) is 2. The van der Waals surface area contributed by atoms with Crippen LogP contribution in [0.1, 0.15) is 21.5 Å². The Hall–Kier alpha value is -2.91. The topological polar surface area (TPSA) is 87.7 Å². The van der Waals surface area contributed by atoms with E-state index < -0.39 is 10.0 Å². The fraction of sp³-hybridized carbons (Fsp3) is 0.240. The minimum atomic E-state index is -3.80. The van der Waals surface area contributed by atoms with Crippen LogP contribution >= 0.6 is 11.6 Å². The monoisotopic (exact) mass is 499 g/mol. The van der Waals surface area contributed by atoms with Gasteiger partial charge in [-0.15, -0.1) is 0 Å². The number of amides is 1. The Kier molecular flexibility index (Phi) is 7.53. The van der Waals surface area contributed by atoms with E-state index in [1.807, 2.05) is 12.1 Å². The SMILES string of the molecule is Cc1c(Cl)cccc1NS(=O)(=O)c1ccc(NC(=O)c2ccc(CN3CCOCC3)cc2)cc1. The van der Waals surface area contributed by atoms with Crippen molar-refractivity contribution in [1.29, 1.82) is 0 Å². The van der Waals surface area contributed by atoms with E-state index in [-0.39, 0.29) is 10.8 Å². The molecular weight excluding hydrogens is 474 g/mol. The lowest BCUT2D eigenvalue weighted by molar-refractivity contribution is 0.0342. The highest BCUT2D eigenvalue weighted by atomic mass is 35.5. The second kappa shape index (κ2) is 10.6. The summed E-state index contributed by atoms with van der Waals surface area (Å²) in [5, 5.41) is 3.28. The molecule has 0 spiro atoms. The number of benzene rings is 3. The highest BCUT2D eigenvalue weighted by Crippen LogP contribution is 2.26. The van der Waals surface area contributed by atoms with Gasteiger partial charge in [-0.2, -0.15) is 0 Å². The van der Waals surface area contributed by atoms with Crippen molar-refractivity contribution in [2.45, 2.75) is 18.4 Å². The van der Waals surface area contributed by atoms with Gasteiger partial charge in [-0.3, -0.25) is 14.4 Å². The molecule has 3 aromatic rings. The van der Waals surface area contributed by atoms with Crippen LogP contribution in [0.5, 0.6) is 0 Å². The number of morpholine rings is 1. The van der Waals surface area contributed by atoms with Crippen LogP contribution in [-0.4, -0.2) is 45.5 Å². The molecule has 1 fully saturated rings. The highest BCUT2D eigenvalue weighted by molar-refractivity contribution is 7.92. The molecule has 0 aromatic heterocycles. The van der Waals surface area contributed by atoms with Crippen molar-refractivity contribution in [1.82, 2.24) is 4.90 Å². The van der Waals surface area contributed by atoms with Crippen LogP contribution in [0.3, 0.4) is 0 Å². The third kappa shape index (κ3) is 5.95. The van der Waals surface area contributed by atoms with Crippen LogP contribution in [0.4, 0.5) is 11.4 Å². The zero-order valence-electron chi connectivity index (χ0n) is 18.8. The number of sulfonamides is 1. The van der Waals surface area contributed by atoms with Crippen molar-refractivity contribution in [3.63, 3.8) is 0 Å². The van der Waals surface area contributed by atoms with Gasteiger partial charge in [-0.1, -0.05) is 29.8 Å². The van der Waals surface area contributed by atoms with E-state index in [9.17, 15) is 13.2 Å². The Morgan fingerprint density at radius 2 is 1.68 bits per heavy atom. The molecular formula is C25H26ClN3O4S. The summed E-state index contributed by atoms with van der Waals surface area (Å²) in [5.74, 6) is -0.263. The zero-order valence-corrected chi connectivity index (χ0v) is 20.3. The first-order valence-electron chi connectivity index (χ1n) is 10.9. The molecule has 4 rings (SSSR count). The summed E-state index contributed by atoms with van der Waals surface area (Å²) >= 11 is 6.08. The van der Waals surface area contributed by atoms with E-state index in [1.54, 1.807) is 49.4 Å². The number of hydrogen-bond donors (Lipinski definition) is 2. The average Bonchev–Trinajstić information content (AvgIpc) is 2.83. The molecule has 0 aliphatic carbocycles. The Labute approximate surface area is 204 Å². The van der Waals surface area contributed by atoms with Crippen molar-refractivity contribution in [2.75, 3.05) is 36.3 Å². The van der Waals surface area contributed by atoms with Crippen LogP contribution in [0.15, 0.2) is 71.6 Å². The normalized spacial score (nSPS) is 14.5. The molecule has 0 atom stereocenters. The molecule has 178 valence electrons. The lowest BCUT2D eigenvalue weighted by Crippen LogP contribution is -2.35. The summed E-state index contributed by atoms with van der Waals surface area (Å²) in [4.78, 5) is 15.0. The van der Waals surface area contributed by atoms with Gasteiger partial charge in [0.25, 0.3) is 15.9 Å². The van der Waals surface area contributed by atoms with Crippen LogP contribution in [0.25, 0.3) is 0 Å². The van der Waals surface area contributed by atoms with Crippen LogP contribution < -0.4 is 10.0 Å². The minimum absolute atomic E-state index is 0.0809.